The average molecular weight is 279 g/mol. The van der Waals surface area contributed by atoms with E-state index in [-0.39, 0.29) is 25.4 Å². The molecule has 4 amide bonds. The number of nitrogens with zero attached hydrogens (tertiary/aromatic N) is 2. The first-order chi connectivity index (χ1) is 9.59. The number of amides is 4. The van der Waals surface area contributed by atoms with E-state index in [1.165, 1.54) is 0 Å². The highest BCUT2D eigenvalue weighted by Gasteiger charge is 2.51. The molecule has 2 rings (SSSR count). The highest BCUT2D eigenvalue weighted by atomic mass is 16.2. The van der Waals surface area contributed by atoms with Crippen LogP contribution in [0.25, 0.3) is 0 Å². The van der Waals surface area contributed by atoms with Crippen LogP contribution in [0.2, 0.25) is 0 Å². The lowest BCUT2D eigenvalue weighted by atomic mass is 9.90. The first-order valence-electron chi connectivity index (χ1n) is 6.57. The molecule has 2 aliphatic heterocycles. The summed E-state index contributed by atoms with van der Waals surface area (Å²) in [6, 6.07) is 1.36. The lowest BCUT2D eigenvalue weighted by Gasteiger charge is -2.31. The van der Waals surface area contributed by atoms with Crippen LogP contribution in [0, 0.1) is 11.3 Å². The number of hydrogen-bond donors (Lipinski definition) is 3. The molecule has 108 valence electrons. The first-order valence-corrected chi connectivity index (χ1v) is 6.57. The van der Waals surface area contributed by atoms with Gasteiger partial charge in [-0.1, -0.05) is 0 Å². The van der Waals surface area contributed by atoms with Crippen molar-refractivity contribution < 1.29 is 14.4 Å². The molecule has 0 aliphatic carbocycles. The Morgan fingerprint density at radius 1 is 1.50 bits per heavy atom. The second-order valence-electron chi connectivity index (χ2n) is 4.94. The molecule has 20 heavy (non-hydrogen) atoms. The van der Waals surface area contributed by atoms with Gasteiger partial charge >= 0.3 is 6.03 Å². The van der Waals surface area contributed by atoms with Crippen molar-refractivity contribution >= 4 is 17.8 Å². The van der Waals surface area contributed by atoms with Gasteiger partial charge in [-0.05, 0) is 19.4 Å². The minimum absolute atomic E-state index is 0.194. The zero-order valence-corrected chi connectivity index (χ0v) is 11.1. The van der Waals surface area contributed by atoms with Crippen molar-refractivity contribution in [2.75, 3.05) is 26.2 Å². The molecule has 1 spiro atoms. The van der Waals surface area contributed by atoms with Crippen LogP contribution in [-0.4, -0.2) is 54.5 Å². The summed E-state index contributed by atoms with van der Waals surface area (Å²) < 4.78 is 0. The lowest BCUT2D eigenvalue weighted by Crippen LogP contribution is -2.57. The van der Waals surface area contributed by atoms with Gasteiger partial charge in [0.05, 0.1) is 12.5 Å². The van der Waals surface area contributed by atoms with Crippen molar-refractivity contribution in [3.05, 3.63) is 0 Å². The normalized spacial score (nSPS) is 25.4. The Kier molecular flexibility index (Phi) is 4.20. The van der Waals surface area contributed by atoms with Crippen molar-refractivity contribution in [3.8, 4) is 6.07 Å². The maximum atomic E-state index is 12.3. The maximum Gasteiger partial charge on any atom is 0.325 e. The minimum Gasteiger partial charge on any atom is -0.354 e. The molecular formula is C12H17N5O3. The van der Waals surface area contributed by atoms with E-state index in [2.05, 4.69) is 16.0 Å². The van der Waals surface area contributed by atoms with Crippen LogP contribution in [0.5, 0.6) is 0 Å². The fourth-order valence-electron chi connectivity index (χ4n) is 2.47. The van der Waals surface area contributed by atoms with E-state index in [0.717, 1.165) is 17.9 Å². The van der Waals surface area contributed by atoms with E-state index in [9.17, 15) is 14.4 Å². The zero-order valence-electron chi connectivity index (χ0n) is 11.1. The van der Waals surface area contributed by atoms with Gasteiger partial charge in [0.25, 0.3) is 5.91 Å². The van der Waals surface area contributed by atoms with Crippen LogP contribution in [0.3, 0.4) is 0 Å². The number of carbonyl (C=O) groups excluding carboxylic acids is 3. The maximum absolute atomic E-state index is 12.3. The third-order valence-corrected chi connectivity index (χ3v) is 3.49. The Morgan fingerprint density at radius 3 is 2.95 bits per heavy atom. The van der Waals surface area contributed by atoms with Gasteiger partial charge < -0.3 is 16.0 Å². The van der Waals surface area contributed by atoms with E-state index < -0.39 is 17.5 Å². The molecule has 0 saturated carbocycles. The summed E-state index contributed by atoms with van der Waals surface area (Å²) in [5, 5.41) is 16.6. The predicted octanol–water partition coefficient (Wildman–Crippen LogP) is -1.31. The molecule has 2 fully saturated rings. The highest BCUT2D eigenvalue weighted by Crippen LogP contribution is 2.24. The number of hydrogen-bond acceptors (Lipinski definition) is 5. The number of rotatable bonds is 4. The van der Waals surface area contributed by atoms with E-state index in [4.69, 9.17) is 5.26 Å². The summed E-state index contributed by atoms with van der Waals surface area (Å²) >= 11 is 0. The summed E-state index contributed by atoms with van der Waals surface area (Å²) in [5.74, 6) is -0.797. The number of piperidine rings is 1. The van der Waals surface area contributed by atoms with Crippen LogP contribution in [0.4, 0.5) is 4.79 Å². The van der Waals surface area contributed by atoms with Crippen molar-refractivity contribution in [2.24, 2.45) is 0 Å². The number of nitrogens with one attached hydrogen (secondary N) is 3. The van der Waals surface area contributed by atoms with E-state index in [1.807, 2.05) is 6.07 Å². The highest BCUT2D eigenvalue weighted by molar-refractivity contribution is 6.09. The Labute approximate surface area is 116 Å². The second-order valence-corrected chi connectivity index (χ2v) is 4.94. The molecule has 0 aromatic heterocycles. The number of imide groups is 1. The standard InChI is InChI=1S/C12H17N5O3/c13-4-2-6-15-9(18)7-17-10(19)12(16-11(17)20)3-1-5-14-8-12/h14H,1-3,5-8H2,(H,15,18)(H,16,20). The molecule has 2 heterocycles. The fraction of sp³-hybridized carbons (Fsp3) is 0.667. The molecular weight excluding hydrogens is 262 g/mol. The van der Waals surface area contributed by atoms with Gasteiger partial charge in [0.15, 0.2) is 0 Å². The Balaban J connectivity index is 1.95. The molecule has 2 saturated heterocycles. The molecule has 0 aromatic carbocycles. The van der Waals surface area contributed by atoms with Crippen molar-refractivity contribution in [1.82, 2.24) is 20.9 Å². The van der Waals surface area contributed by atoms with Gasteiger partial charge in [-0.3, -0.25) is 14.5 Å². The van der Waals surface area contributed by atoms with Gasteiger partial charge in [-0.2, -0.15) is 5.26 Å². The molecule has 1 unspecified atom stereocenters. The van der Waals surface area contributed by atoms with Crippen molar-refractivity contribution in [2.45, 2.75) is 24.8 Å². The molecule has 2 aliphatic rings. The van der Waals surface area contributed by atoms with Gasteiger partial charge in [-0.25, -0.2) is 4.79 Å². The van der Waals surface area contributed by atoms with Crippen LogP contribution in [-0.2, 0) is 9.59 Å². The summed E-state index contributed by atoms with van der Waals surface area (Å²) in [6.07, 6.45) is 1.57. The van der Waals surface area contributed by atoms with E-state index in [0.29, 0.717) is 13.0 Å². The number of nitriles is 1. The lowest BCUT2D eigenvalue weighted by molar-refractivity contribution is -0.135. The third-order valence-electron chi connectivity index (χ3n) is 3.49. The van der Waals surface area contributed by atoms with Crippen molar-refractivity contribution in [1.29, 1.82) is 5.26 Å². The zero-order chi connectivity index (χ0) is 14.6. The number of carbonyl (C=O) groups is 3. The Hall–Kier alpha value is -2.14. The van der Waals surface area contributed by atoms with Crippen LogP contribution in [0.1, 0.15) is 19.3 Å². The smallest absolute Gasteiger partial charge is 0.325 e. The van der Waals surface area contributed by atoms with E-state index >= 15 is 0 Å². The fourth-order valence-corrected chi connectivity index (χ4v) is 2.47. The molecule has 8 heteroatoms. The first kappa shape index (κ1) is 14.3. The minimum atomic E-state index is -0.901. The van der Waals surface area contributed by atoms with Gasteiger partial charge in [-0.15, -0.1) is 0 Å². The van der Waals surface area contributed by atoms with Crippen molar-refractivity contribution in [3.63, 3.8) is 0 Å². The quantitative estimate of drug-likeness (QED) is 0.436. The summed E-state index contributed by atoms with van der Waals surface area (Å²) in [5.41, 5.74) is -0.901. The molecule has 0 radical (unpaired) electrons. The van der Waals surface area contributed by atoms with Gasteiger partial charge in [0.2, 0.25) is 5.91 Å². The number of urea groups is 1. The molecule has 3 N–H and O–H groups in total. The molecule has 8 nitrogen and oxygen atoms in total. The summed E-state index contributed by atoms with van der Waals surface area (Å²) in [4.78, 5) is 36.8. The van der Waals surface area contributed by atoms with Gasteiger partial charge in [0, 0.05) is 13.1 Å². The molecule has 1 atom stereocenters. The predicted molar refractivity (Wildman–Crippen MR) is 68.3 cm³/mol. The SMILES string of the molecule is N#CCCNC(=O)CN1C(=O)NC2(CCCNC2)C1=O. The summed E-state index contributed by atoms with van der Waals surface area (Å²) in [7, 11) is 0. The van der Waals surface area contributed by atoms with Crippen LogP contribution in [0.15, 0.2) is 0 Å². The molecule has 0 bridgehead atoms. The average Bonchev–Trinajstić information content (AvgIpc) is 2.65. The molecule has 0 aromatic rings. The van der Waals surface area contributed by atoms with Crippen LogP contribution >= 0.6 is 0 Å². The van der Waals surface area contributed by atoms with Crippen LogP contribution < -0.4 is 16.0 Å². The Bertz CT molecular complexity index is 464. The largest absolute Gasteiger partial charge is 0.354 e. The topological polar surface area (TPSA) is 114 Å². The second kappa shape index (κ2) is 5.88. The van der Waals surface area contributed by atoms with E-state index in [1.54, 1.807) is 0 Å². The monoisotopic (exact) mass is 279 g/mol. The Morgan fingerprint density at radius 2 is 2.30 bits per heavy atom. The third kappa shape index (κ3) is 2.72. The summed E-state index contributed by atoms with van der Waals surface area (Å²) in [6.45, 7) is 1.12. The van der Waals surface area contributed by atoms with Gasteiger partial charge in [0.1, 0.15) is 12.1 Å².